The minimum Gasteiger partial charge on any atom is -0.464 e. The number of ether oxygens (including phenoxy) is 1. The minimum absolute atomic E-state index is 0.0415. The predicted molar refractivity (Wildman–Crippen MR) is 113 cm³/mol. The van der Waals surface area contributed by atoms with Gasteiger partial charge in [0.1, 0.15) is 5.58 Å². The van der Waals surface area contributed by atoms with Crippen LogP contribution in [0, 0.1) is 0 Å². The van der Waals surface area contributed by atoms with Gasteiger partial charge in [0.05, 0.1) is 12.7 Å². The van der Waals surface area contributed by atoms with Gasteiger partial charge in [-0.15, -0.1) is 0 Å². The van der Waals surface area contributed by atoms with Crippen LogP contribution in [0.1, 0.15) is 18.1 Å². The molecule has 0 saturated carbocycles. The molecule has 5 nitrogen and oxygen atoms in total. The lowest BCUT2D eigenvalue weighted by molar-refractivity contribution is -0.146. The van der Waals surface area contributed by atoms with E-state index in [2.05, 4.69) is 5.32 Å². The summed E-state index contributed by atoms with van der Waals surface area (Å²) in [5.74, 6) is -0.832. The zero-order valence-corrected chi connectivity index (χ0v) is 16.1. The number of furan rings is 1. The smallest absolute Gasteiger partial charge is 0.310 e. The molecule has 5 heteroatoms. The number of hydrogen-bond donors (Lipinski definition) is 1. The van der Waals surface area contributed by atoms with Crippen molar-refractivity contribution in [2.45, 2.75) is 19.8 Å². The highest BCUT2D eigenvalue weighted by Gasteiger charge is 2.15. The fraction of sp³-hybridized carbons (Fsp3) is 0.167. The van der Waals surface area contributed by atoms with E-state index in [0.29, 0.717) is 0 Å². The van der Waals surface area contributed by atoms with Crippen LogP contribution in [0.4, 0.5) is 5.69 Å². The lowest BCUT2D eigenvalue weighted by atomic mass is 10.0. The molecule has 0 radical (unpaired) electrons. The van der Waals surface area contributed by atoms with E-state index in [-0.39, 0.29) is 18.9 Å². The molecule has 146 valence electrons. The number of anilines is 1. The molecular weight excluding hydrogens is 366 g/mol. The Bertz CT molecular complexity index is 1190. The summed E-state index contributed by atoms with van der Waals surface area (Å²) < 4.78 is 10.8. The number of benzene rings is 3. The highest BCUT2D eigenvalue weighted by atomic mass is 16.5. The van der Waals surface area contributed by atoms with E-state index in [0.717, 1.165) is 45.0 Å². The second-order valence-corrected chi connectivity index (χ2v) is 6.82. The zero-order chi connectivity index (χ0) is 20.2. The van der Waals surface area contributed by atoms with Gasteiger partial charge in [0.15, 0.2) is 6.61 Å². The fourth-order valence-electron chi connectivity index (χ4n) is 3.49. The van der Waals surface area contributed by atoms with Crippen LogP contribution in [0.15, 0.2) is 71.3 Å². The number of amides is 1. The van der Waals surface area contributed by atoms with Crippen LogP contribution in [0.2, 0.25) is 0 Å². The van der Waals surface area contributed by atoms with Crippen LogP contribution in [0.25, 0.3) is 21.7 Å². The third kappa shape index (κ3) is 3.99. The second kappa shape index (κ2) is 8.19. The van der Waals surface area contributed by atoms with Crippen molar-refractivity contribution in [1.29, 1.82) is 0 Å². The van der Waals surface area contributed by atoms with E-state index in [1.165, 1.54) is 0 Å². The van der Waals surface area contributed by atoms with Gasteiger partial charge in [0, 0.05) is 16.6 Å². The Kier molecular flexibility index (Phi) is 5.29. The average molecular weight is 387 g/mol. The highest BCUT2D eigenvalue weighted by molar-refractivity contribution is 6.08. The van der Waals surface area contributed by atoms with Gasteiger partial charge in [-0.1, -0.05) is 55.5 Å². The SMILES string of the molecule is CCc1ccccc1NC(=O)COC(=O)Cc1coc2ccc3ccccc3c12. The molecule has 1 aromatic heterocycles. The molecule has 1 amide bonds. The summed E-state index contributed by atoms with van der Waals surface area (Å²) in [6, 6.07) is 19.4. The Morgan fingerprint density at radius 3 is 2.62 bits per heavy atom. The fourth-order valence-corrected chi connectivity index (χ4v) is 3.49. The molecule has 0 atom stereocenters. The van der Waals surface area contributed by atoms with Gasteiger partial charge in [0.2, 0.25) is 0 Å². The maximum atomic E-state index is 12.3. The number of nitrogens with one attached hydrogen (secondary N) is 1. The number of carbonyl (C=O) groups excluding carboxylic acids is 2. The number of aryl methyl sites for hydroxylation is 1. The third-order valence-corrected chi connectivity index (χ3v) is 4.91. The van der Waals surface area contributed by atoms with Crippen LogP contribution in [0.5, 0.6) is 0 Å². The molecule has 0 spiro atoms. The lowest BCUT2D eigenvalue weighted by Gasteiger charge is -2.10. The first kappa shape index (κ1) is 18.7. The van der Waals surface area contributed by atoms with Crippen LogP contribution in [0.3, 0.4) is 0 Å². The summed E-state index contributed by atoms with van der Waals surface area (Å²) in [4.78, 5) is 24.5. The van der Waals surface area contributed by atoms with Crippen molar-refractivity contribution < 1.29 is 18.7 Å². The summed E-state index contributed by atoms with van der Waals surface area (Å²) in [6.07, 6.45) is 2.42. The molecule has 1 N–H and O–H groups in total. The molecule has 0 aliphatic heterocycles. The van der Waals surface area contributed by atoms with Crippen molar-refractivity contribution in [2.24, 2.45) is 0 Å². The summed E-state index contributed by atoms with van der Waals surface area (Å²) in [5.41, 5.74) is 3.24. The molecule has 0 bridgehead atoms. The van der Waals surface area contributed by atoms with Gasteiger partial charge in [-0.05, 0) is 34.9 Å². The normalized spacial score (nSPS) is 10.9. The highest BCUT2D eigenvalue weighted by Crippen LogP contribution is 2.30. The Hall–Kier alpha value is -3.60. The van der Waals surface area contributed by atoms with Crippen molar-refractivity contribution in [3.8, 4) is 0 Å². The minimum atomic E-state index is -0.473. The predicted octanol–water partition coefficient (Wildman–Crippen LogP) is 4.87. The number of para-hydroxylation sites is 1. The van der Waals surface area contributed by atoms with Crippen molar-refractivity contribution in [1.82, 2.24) is 0 Å². The number of fused-ring (bicyclic) bond motifs is 3. The first-order valence-corrected chi connectivity index (χ1v) is 9.57. The Morgan fingerprint density at radius 1 is 0.966 bits per heavy atom. The van der Waals surface area contributed by atoms with Crippen molar-refractivity contribution in [3.05, 3.63) is 78.1 Å². The Morgan fingerprint density at radius 2 is 1.76 bits per heavy atom. The molecule has 0 aliphatic rings. The standard InChI is InChI=1S/C24H21NO4/c1-2-16-7-4-6-10-20(16)25-22(26)15-29-23(27)13-18-14-28-21-12-11-17-8-3-5-9-19(17)24(18)21/h3-12,14H,2,13,15H2,1H3,(H,25,26). The van der Waals surface area contributed by atoms with Gasteiger partial charge >= 0.3 is 5.97 Å². The van der Waals surface area contributed by atoms with E-state index in [1.807, 2.05) is 67.6 Å². The largest absolute Gasteiger partial charge is 0.464 e. The topological polar surface area (TPSA) is 68.5 Å². The maximum Gasteiger partial charge on any atom is 0.310 e. The average Bonchev–Trinajstić information content (AvgIpc) is 3.16. The first-order chi connectivity index (χ1) is 14.2. The number of carbonyl (C=O) groups is 2. The lowest BCUT2D eigenvalue weighted by Crippen LogP contribution is -2.22. The molecule has 4 rings (SSSR count). The van der Waals surface area contributed by atoms with Gasteiger partial charge in [-0.3, -0.25) is 9.59 Å². The third-order valence-electron chi connectivity index (χ3n) is 4.91. The number of esters is 1. The van der Waals surface area contributed by atoms with Gasteiger partial charge in [0.25, 0.3) is 5.91 Å². The van der Waals surface area contributed by atoms with Crippen LogP contribution >= 0.6 is 0 Å². The van der Waals surface area contributed by atoms with Gasteiger partial charge in [-0.25, -0.2) is 0 Å². The van der Waals surface area contributed by atoms with E-state index in [9.17, 15) is 9.59 Å². The summed E-state index contributed by atoms with van der Waals surface area (Å²) in [7, 11) is 0. The summed E-state index contributed by atoms with van der Waals surface area (Å²) in [5, 5.41) is 5.80. The molecule has 3 aromatic carbocycles. The molecule has 0 fully saturated rings. The molecular formula is C24H21NO4. The Labute approximate surface area is 168 Å². The quantitative estimate of drug-likeness (QED) is 0.479. The molecule has 0 saturated heterocycles. The van der Waals surface area contributed by atoms with Crippen LogP contribution in [-0.4, -0.2) is 18.5 Å². The molecule has 0 unspecified atom stereocenters. The van der Waals surface area contributed by atoms with Crippen molar-refractivity contribution >= 4 is 39.3 Å². The number of rotatable bonds is 6. The molecule has 0 aliphatic carbocycles. The molecule has 29 heavy (non-hydrogen) atoms. The summed E-state index contributed by atoms with van der Waals surface area (Å²) >= 11 is 0. The van der Waals surface area contributed by atoms with E-state index in [1.54, 1.807) is 6.26 Å². The van der Waals surface area contributed by atoms with Gasteiger partial charge < -0.3 is 14.5 Å². The monoisotopic (exact) mass is 387 g/mol. The van der Waals surface area contributed by atoms with Crippen molar-refractivity contribution in [3.63, 3.8) is 0 Å². The first-order valence-electron chi connectivity index (χ1n) is 9.57. The van der Waals surface area contributed by atoms with E-state index in [4.69, 9.17) is 9.15 Å². The van der Waals surface area contributed by atoms with Crippen LogP contribution in [-0.2, 0) is 27.2 Å². The maximum absolute atomic E-state index is 12.3. The molecule has 1 heterocycles. The zero-order valence-electron chi connectivity index (χ0n) is 16.1. The van der Waals surface area contributed by atoms with E-state index < -0.39 is 5.97 Å². The Balaban J connectivity index is 1.42. The van der Waals surface area contributed by atoms with Crippen LogP contribution < -0.4 is 5.32 Å². The van der Waals surface area contributed by atoms with E-state index >= 15 is 0 Å². The van der Waals surface area contributed by atoms with Gasteiger partial charge in [-0.2, -0.15) is 0 Å². The second-order valence-electron chi connectivity index (χ2n) is 6.82. The number of hydrogen-bond acceptors (Lipinski definition) is 4. The van der Waals surface area contributed by atoms with Crippen molar-refractivity contribution in [2.75, 3.05) is 11.9 Å². The molecule has 4 aromatic rings. The summed E-state index contributed by atoms with van der Waals surface area (Å²) in [6.45, 7) is 1.69.